The quantitative estimate of drug-likeness (QED) is 0.102. The minimum Gasteiger partial charge on any atom is -0.289 e. The van der Waals surface area contributed by atoms with Gasteiger partial charge in [-0.2, -0.15) is 10.2 Å². The summed E-state index contributed by atoms with van der Waals surface area (Å²) in [6.45, 7) is 0. The Morgan fingerprint density at radius 2 is 0.759 bits per heavy atom. The molecule has 0 aromatic heterocycles. The van der Waals surface area contributed by atoms with E-state index in [-0.39, 0.29) is 22.7 Å². The van der Waals surface area contributed by atoms with Gasteiger partial charge in [0.25, 0.3) is 0 Å². The first kappa shape index (κ1) is 34.8. The molecule has 2 aliphatic rings. The van der Waals surface area contributed by atoms with Crippen LogP contribution >= 0.6 is 23.5 Å². The lowest BCUT2D eigenvalue weighted by Gasteiger charge is -2.23. The molecule has 54 heavy (non-hydrogen) atoms. The monoisotopic (exact) mass is 738 g/mol. The Hall–Kier alpha value is -6.22. The summed E-state index contributed by atoms with van der Waals surface area (Å²) in [4.78, 5) is 30.5. The van der Waals surface area contributed by atoms with Crippen molar-refractivity contribution < 1.29 is 9.59 Å². The van der Waals surface area contributed by atoms with Crippen molar-refractivity contribution in [1.29, 1.82) is 0 Å². The van der Waals surface area contributed by atoms with E-state index >= 15 is 0 Å². The van der Waals surface area contributed by atoms with Crippen molar-refractivity contribution in [1.82, 2.24) is 0 Å². The van der Waals surface area contributed by atoms with Crippen LogP contribution in [0.3, 0.4) is 0 Å². The lowest BCUT2D eigenvalue weighted by molar-refractivity contribution is 0.0996. The van der Waals surface area contributed by atoms with Crippen molar-refractivity contribution in [2.24, 2.45) is 10.2 Å². The lowest BCUT2D eigenvalue weighted by atomic mass is 9.79. The van der Waals surface area contributed by atoms with Crippen molar-refractivity contribution >= 4 is 57.9 Å². The smallest absolute Gasteiger partial charge is 0.194 e. The predicted octanol–water partition coefficient (Wildman–Crippen LogP) is 10.8. The normalized spacial score (nSPS) is 15.0. The molecule has 0 saturated carbocycles. The van der Waals surface area contributed by atoms with Crippen LogP contribution in [0, 0.1) is 0 Å². The standard InChI is InChI=1S/C46H34N4O2S2/c51-45-35-21-9-7-19-33(35)41(49-47-39-23-11-13-25-43(39)53-29-31-15-3-1-4-16-31)27-37(45)38-28-42(34-20-8-10-22-36(34)46(38)52)50-48-40-24-12-14-26-44(40)54-30-32-17-5-2-6-18-32/h1-28,47-48H,29-30H2/b49-41+,50-42+. The molecule has 0 saturated heterocycles. The molecule has 0 bridgehead atoms. The van der Waals surface area contributed by atoms with Gasteiger partial charge in [-0.1, -0.05) is 133 Å². The zero-order chi connectivity index (χ0) is 36.7. The minimum absolute atomic E-state index is 0.239. The van der Waals surface area contributed by atoms with Gasteiger partial charge >= 0.3 is 0 Å². The molecule has 2 aliphatic carbocycles. The number of hydrazone groups is 2. The summed E-state index contributed by atoms with van der Waals surface area (Å²) < 4.78 is 0. The number of benzene rings is 6. The minimum atomic E-state index is -0.239. The largest absolute Gasteiger partial charge is 0.289 e. The fourth-order valence-electron chi connectivity index (χ4n) is 6.33. The van der Waals surface area contributed by atoms with Gasteiger partial charge in [-0.05, 0) is 47.5 Å². The molecule has 0 atom stereocenters. The van der Waals surface area contributed by atoms with E-state index in [9.17, 15) is 9.59 Å². The van der Waals surface area contributed by atoms with Gasteiger partial charge < -0.3 is 0 Å². The van der Waals surface area contributed by atoms with E-state index in [0.717, 1.165) is 32.7 Å². The highest BCUT2D eigenvalue weighted by molar-refractivity contribution is 7.99. The Balaban J connectivity index is 1.12. The van der Waals surface area contributed by atoms with Crippen molar-refractivity contribution in [3.63, 3.8) is 0 Å². The van der Waals surface area contributed by atoms with Crippen LogP contribution in [0.2, 0.25) is 0 Å². The number of Topliss-reactive ketones (excluding diaryl/α,β-unsaturated/α-hetero) is 2. The number of carbonyl (C=O) groups excluding carboxylic acids is 2. The average Bonchev–Trinajstić information content (AvgIpc) is 3.23. The molecule has 0 radical (unpaired) electrons. The molecule has 6 nitrogen and oxygen atoms in total. The Labute approximate surface area is 322 Å². The Morgan fingerprint density at radius 1 is 0.407 bits per heavy atom. The van der Waals surface area contributed by atoms with Crippen LogP contribution in [0.1, 0.15) is 43.0 Å². The van der Waals surface area contributed by atoms with Crippen LogP contribution < -0.4 is 10.9 Å². The maximum atomic E-state index is 14.2. The summed E-state index contributed by atoms with van der Waals surface area (Å²) in [7, 11) is 0. The summed E-state index contributed by atoms with van der Waals surface area (Å²) in [5.41, 5.74) is 14.7. The highest BCUT2D eigenvalue weighted by Crippen LogP contribution is 2.34. The Kier molecular flexibility index (Phi) is 10.5. The summed E-state index contributed by atoms with van der Waals surface area (Å²) >= 11 is 3.44. The average molecular weight is 739 g/mol. The van der Waals surface area contributed by atoms with Gasteiger partial charge in [-0.15, -0.1) is 23.5 Å². The molecule has 262 valence electrons. The van der Waals surface area contributed by atoms with Gasteiger partial charge in [-0.25, -0.2) is 0 Å². The number of hydrogen-bond acceptors (Lipinski definition) is 8. The van der Waals surface area contributed by atoms with E-state index in [2.05, 4.69) is 47.2 Å². The molecule has 0 amide bonds. The second-order valence-corrected chi connectivity index (χ2v) is 14.7. The molecule has 6 aromatic rings. The van der Waals surface area contributed by atoms with Crippen LogP contribution in [-0.2, 0) is 11.5 Å². The number of hydrogen-bond donors (Lipinski definition) is 2. The summed E-state index contributed by atoms with van der Waals surface area (Å²) in [5, 5.41) is 9.69. The van der Waals surface area contributed by atoms with Gasteiger partial charge in [0.1, 0.15) is 0 Å². The van der Waals surface area contributed by atoms with E-state index < -0.39 is 0 Å². The lowest BCUT2D eigenvalue weighted by Crippen LogP contribution is -2.26. The van der Waals surface area contributed by atoms with Crippen LogP contribution in [-0.4, -0.2) is 23.0 Å². The molecule has 8 rings (SSSR count). The van der Waals surface area contributed by atoms with Crippen molar-refractivity contribution in [2.75, 3.05) is 10.9 Å². The number of nitrogens with one attached hydrogen (secondary N) is 2. The first-order chi connectivity index (χ1) is 26.6. The second-order valence-electron chi connectivity index (χ2n) is 12.6. The summed E-state index contributed by atoms with van der Waals surface area (Å²) in [6, 6.07) is 51.5. The molecule has 6 aromatic carbocycles. The maximum Gasteiger partial charge on any atom is 0.194 e. The van der Waals surface area contributed by atoms with Gasteiger partial charge in [0.2, 0.25) is 0 Å². The van der Waals surface area contributed by atoms with Crippen molar-refractivity contribution in [3.8, 4) is 0 Å². The molecular weight excluding hydrogens is 705 g/mol. The van der Waals surface area contributed by atoms with Gasteiger partial charge in [0, 0.05) is 54.7 Å². The third-order valence-corrected chi connectivity index (χ3v) is 11.4. The van der Waals surface area contributed by atoms with Crippen LogP contribution in [0.25, 0.3) is 0 Å². The number of nitrogens with zero attached hydrogens (tertiary/aromatic N) is 2. The number of allylic oxidation sites excluding steroid dienone is 4. The fourth-order valence-corrected chi connectivity index (χ4v) is 8.24. The predicted molar refractivity (Wildman–Crippen MR) is 223 cm³/mol. The summed E-state index contributed by atoms with van der Waals surface area (Å²) in [5.74, 6) is 1.15. The topological polar surface area (TPSA) is 82.9 Å². The molecule has 0 unspecified atom stereocenters. The molecular formula is C46H34N4O2S2. The van der Waals surface area contributed by atoms with E-state index in [4.69, 9.17) is 10.2 Å². The third-order valence-electron chi connectivity index (χ3n) is 9.08. The first-order valence-corrected chi connectivity index (χ1v) is 19.5. The number of fused-ring (bicyclic) bond motifs is 2. The number of anilines is 2. The molecule has 0 spiro atoms. The third kappa shape index (κ3) is 7.62. The van der Waals surface area contributed by atoms with Crippen LogP contribution in [0.15, 0.2) is 201 Å². The maximum absolute atomic E-state index is 14.2. The Morgan fingerprint density at radius 3 is 1.19 bits per heavy atom. The first-order valence-electron chi connectivity index (χ1n) is 17.5. The molecule has 0 heterocycles. The van der Waals surface area contributed by atoms with Crippen molar-refractivity contribution in [2.45, 2.75) is 21.3 Å². The number of carbonyl (C=O) groups is 2. The molecule has 2 N–H and O–H groups in total. The highest BCUT2D eigenvalue weighted by atomic mass is 32.2. The zero-order valence-electron chi connectivity index (χ0n) is 29.1. The highest BCUT2D eigenvalue weighted by Gasteiger charge is 2.33. The van der Waals surface area contributed by atoms with E-state index in [1.807, 2.05) is 109 Å². The fraction of sp³-hybridized carbons (Fsp3) is 0.0435. The number of thioether (sulfide) groups is 2. The van der Waals surface area contributed by atoms with Crippen LogP contribution in [0.4, 0.5) is 11.4 Å². The molecule has 0 aliphatic heterocycles. The van der Waals surface area contributed by atoms with E-state index in [1.54, 1.807) is 47.8 Å². The molecule has 0 fully saturated rings. The van der Waals surface area contributed by atoms with E-state index in [0.29, 0.717) is 33.7 Å². The van der Waals surface area contributed by atoms with Crippen molar-refractivity contribution in [3.05, 3.63) is 214 Å². The Bertz CT molecular complexity index is 2320. The van der Waals surface area contributed by atoms with Crippen LogP contribution in [0.5, 0.6) is 0 Å². The summed E-state index contributed by atoms with van der Waals surface area (Å²) in [6.07, 6.45) is 3.44. The zero-order valence-corrected chi connectivity index (χ0v) is 30.7. The number of rotatable bonds is 11. The van der Waals surface area contributed by atoms with Gasteiger partial charge in [-0.3, -0.25) is 20.4 Å². The number of para-hydroxylation sites is 2. The second kappa shape index (κ2) is 16.2. The number of ketones is 2. The SMILES string of the molecule is O=C1C(C2=C/C(=N\Nc3ccccc3SCc3ccccc3)c3ccccc3C2=O)=C/C(=N\Nc2ccccc2SCc2ccccc2)c2ccccc21. The van der Waals surface area contributed by atoms with Gasteiger partial charge in [0.15, 0.2) is 11.6 Å². The molecule has 8 heteroatoms. The van der Waals surface area contributed by atoms with Gasteiger partial charge in [0.05, 0.1) is 22.8 Å². The van der Waals surface area contributed by atoms with E-state index in [1.165, 1.54) is 11.1 Å².